The first-order valence-electron chi connectivity index (χ1n) is 7.64. The fourth-order valence-corrected chi connectivity index (χ4v) is 3.70. The first-order valence-corrected chi connectivity index (χ1v) is 7.64. The minimum atomic E-state index is 0. The standard InChI is InChI=1S/C17H31N.2ClH.Ti/c1-7-12-13(8-2)15(10-4)16(14(12)9-3)17(5,6)11-18;;;/h14H,7-11,18H2,1-6H3;2*1H;/q;;;+3/p-2. The van der Waals surface area contributed by atoms with Crippen LogP contribution < -0.4 is 30.5 Å². The fraction of sp³-hybridized carbons (Fsp3) is 0.765. The first-order chi connectivity index (χ1) is 8.48. The van der Waals surface area contributed by atoms with Crippen LogP contribution in [-0.2, 0) is 21.7 Å². The molecule has 1 rings (SSSR count). The van der Waals surface area contributed by atoms with Crippen LogP contribution in [0, 0.1) is 11.3 Å². The van der Waals surface area contributed by atoms with E-state index in [2.05, 4.69) is 41.5 Å². The Kier molecular flexibility index (Phi) is 14.3. The van der Waals surface area contributed by atoms with Gasteiger partial charge in [-0.1, -0.05) is 52.7 Å². The zero-order valence-corrected chi connectivity index (χ0v) is 17.5. The average molecular weight is 368 g/mol. The Hall–Kier alpha value is 0.734. The number of hydrogen-bond donors (Lipinski definition) is 1. The molecule has 4 heteroatoms. The van der Waals surface area contributed by atoms with Crippen molar-refractivity contribution in [2.24, 2.45) is 17.1 Å². The number of rotatable bonds is 6. The topological polar surface area (TPSA) is 26.0 Å². The van der Waals surface area contributed by atoms with Gasteiger partial charge in [0.25, 0.3) is 0 Å². The summed E-state index contributed by atoms with van der Waals surface area (Å²) in [5, 5.41) is 0. The summed E-state index contributed by atoms with van der Waals surface area (Å²) < 4.78 is 0. The minimum Gasteiger partial charge on any atom is -1.00 e. The van der Waals surface area contributed by atoms with Crippen LogP contribution in [0.15, 0.2) is 22.3 Å². The molecule has 0 aromatic heterocycles. The van der Waals surface area contributed by atoms with E-state index in [4.69, 9.17) is 5.73 Å². The van der Waals surface area contributed by atoms with Gasteiger partial charge in [-0.3, -0.25) is 0 Å². The molecule has 1 unspecified atom stereocenters. The maximum atomic E-state index is 6.04. The molecule has 0 aromatic rings. The van der Waals surface area contributed by atoms with E-state index in [9.17, 15) is 0 Å². The van der Waals surface area contributed by atoms with Crippen LogP contribution in [0.1, 0.15) is 67.2 Å². The van der Waals surface area contributed by atoms with Gasteiger partial charge in [0, 0.05) is 12.5 Å². The van der Waals surface area contributed by atoms with Gasteiger partial charge in [0.15, 0.2) is 0 Å². The van der Waals surface area contributed by atoms with Crippen molar-refractivity contribution >= 4 is 0 Å². The monoisotopic (exact) mass is 367 g/mol. The van der Waals surface area contributed by atoms with Crippen LogP contribution in [0.3, 0.4) is 0 Å². The van der Waals surface area contributed by atoms with Crippen LogP contribution in [0.4, 0.5) is 0 Å². The van der Waals surface area contributed by atoms with E-state index in [1.165, 1.54) is 19.3 Å². The molecule has 0 bridgehead atoms. The van der Waals surface area contributed by atoms with Crippen LogP contribution >= 0.6 is 0 Å². The molecule has 0 saturated carbocycles. The fourth-order valence-electron chi connectivity index (χ4n) is 3.70. The molecule has 0 saturated heterocycles. The van der Waals surface area contributed by atoms with Crippen LogP contribution in [0.25, 0.3) is 0 Å². The summed E-state index contributed by atoms with van der Waals surface area (Å²) in [5.41, 5.74) is 12.8. The molecule has 0 amide bonds. The van der Waals surface area contributed by atoms with Crippen molar-refractivity contribution in [3.63, 3.8) is 0 Å². The maximum absolute atomic E-state index is 6.04. The smallest absolute Gasteiger partial charge is 1.00 e. The zero-order valence-electron chi connectivity index (χ0n) is 14.4. The van der Waals surface area contributed by atoms with Gasteiger partial charge in [0.05, 0.1) is 0 Å². The van der Waals surface area contributed by atoms with Gasteiger partial charge < -0.3 is 30.5 Å². The summed E-state index contributed by atoms with van der Waals surface area (Å²) in [5.74, 6) is 0.651. The minimum absolute atomic E-state index is 0. The molecule has 0 aromatic carbocycles. The normalized spacial score (nSPS) is 18.1. The predicted molar refractivity (Wildman–Crippen MR) is 81.5 cm³/mol. The summed E-state index contributed by atoms with van der Waals surface area (Å²) in [6.45, 7) is 14.6. The van der Waals surface area contributed by atoms with E-state index in [0.29, 0.717) is 5.92 Å². The Morgan fingerprint density at radius 1 is 0.905 bits per heavy atom. The molecule has 0 spiro atoms. The van der Waals surface area contributed by atoms with Gasteiger partial charge in [-0.15, -0.1) is 0 Å². The van der Waals surface area contributed by atoms with Crippen molar-refractivity contribution in [3.05, 3.63) is 22.3 Å². The Balaban J connectivity index is -0.00000108. The van der Waals surface area contributed by atoms with Crippen molar-refractivity contribution < 1.29 is 46.5 Å². The first kappa shape index (κ1) is 26.6. The van der Waals surface area contributed by atoms with Crippen molar-refractivity contribution in [2.45, 2.75) is 67.2 Å². The number of allylic oxidation sites excluding steroid dienone is 3. The predicted octanol–water partition coefficient (Wildman–Crippen LogP) is -1.16. The van der Waals surface area contributed by atoms with E-state index in [-0.39, 0.29) is 51.9 Å². The van der Waals surface area contributed by atoms with Gasteiger partial charge in [-0.25, -0.2) is 0 Å². The van der Waals surface area contributed by atoms with Crippen LogP contribution in [0.2, 0.25) is 0 Å². The summed E-state index contributed by atoms with van der Waals surface area (Å²) >= 11 is 0. The van der Waals surface area contributed by atoms with Crippen LogP contribution in [-0.4, -0.2) is 6.54 Å². The van der Waals surface area contributed by atoms with Crippen molar-refractivity contribution in [2.75, 3.05) is 6.54 Å². The molecular formula is C17H31Cl2NTi+. The molecule has 0 heterocycles. The number of nitrogens with two attached hydrogens (primary N) is 1. The largest absolute Gasteiger partial charge is 3.00 e. The second-order valence-electron chi connectivity index (χ2n) is 6.01. The number of hydrogen-bond acceptors (Lipinski definition) is 1. The molecule has 1 atom stereocenters. The maximum Gasteiger partial charge on any atom is 3.00 e. The van der Waals surface area contributed by atoms with Crippen molar-refractivity contribution in [1.29, 1.82) is 0 Å². The quantitative estimate of drug-likeness (QED) is 0.589. The van der Waals surface area contributed by atoms with Gasteiger partial charge in [0.2, 0.25) is 0 Å². The van der Waals surface area contributed by atoms with E-state index in [0.717, 1.165) is 13.0 Å². The summed E-state index contributed by atoms with van der Waals surface area (Å²) in [6.07, 6.45) is 4.74. The molecular weight excluding hydrogens is 337 g/mol. The summed E-state index contributed by atoms with van der Waals surface area (Å²) in [6, 6.07) is 0. The van der Waals surface area contributed by atoms with Crippen molar-refractivity contribution in [1.82, 2.24) is 0 Å². The molecule has 0 fully saturated rings. The average Bonchev–Trinajstić information content (AvgIpc) is 2.71. The number of halogens is 2. The third kappa shape index (κ3) is 5.11. The van der Waals surface area contributed by atoms with E-state index in [1.807, 2.05) is 0 Å². The van der Waals surface area contributed by atoms with Gasteiger partial charge in [-0.2, -0.15) is 0 Å². The van der Waals surface area contributed by atoms with Crippen molar-refractivity contribution in [3.8, 4) is 0 Å². The SMILES string of the molecule is CCC1=C(CC)C(CC)C(C(C)(C)CN)=C1CC.[Cl-].[Cl-].[Ti+3]. The molecule has 21 heavy (non-hydrogen) atoms. The third-order valence-corrected chi connectivity index (χ3v) is 4.58. The Morgan fingerprint density at radius 2 is 1.38 bits per heavy atom. The second-order valence-corrected chi connectivity index (χ2v) is 6.01. The van der Waals surface area contributed by atoms with Gasteiger partial charge >= 0.3 is 21.7 Å². The Morgan fingerprint density at radius 3 is 1.67 bits per heavy atom. The van der Waals surface area contributed by atoms with Gasteiger partial charge in [0.1, 0.15) is 0 Å². The summed E-state index contributed by atoms with van der Waals surface area (Å²) in [7, 11) is 0. The van der Waals surface area contributed by atoms with E-state index < -0.39 is 0 Å². The van der Waals surface area contributed by atoms with Crippen LogP contribution in [0.5, 0.6) is 0 Å². The molecule has 1 aliphatic carbocycles. The summed E-state index contributed by atoms with van der Waals surface area (Å²) in [4.78, 5) is 0. The van der Waals surface area contributed by atoms with E-state index >= 15 is 0 Å². The van der Waals surface area contributed by atoms with Gasteiger partial charge in [-0.05, 0) is 42.2 Å². The zero-order chi connectivity index (χ0) is 13.9. The third-order valence-electron chi connectivity index (χ3n) is 4.58. The Labute approximate surface area is 159 Å². The Bertz CT molecular complexity index is 373. The molecule has 121 valence electrons. The molecule has 2 N–H and O–H groups in total. The molecule has 1 radical (unpaired) electrons. The molecule has 1 aliphatic rings. The van der Waals surface area contributed by atoms with E-state index in [1.54, 1.807) is 22.3 Å². The second kappa shape index (κ2) is 11.3. The molecule has 1 nitrogen and oxygen atoms in total. The molecule has 0 aliphatic heterocycles.